The number of rotatable bonds is 11. The SMILES string of the molecule is CC(C)CNC(=O)C(Cc1ccccc1)N(Cc1ccccc1Cl)C(=O)COc1cccc(Cl)c1. The molecule has 0 aliphatic rings. The molecule has 0 spiro atoms. The average molecular weight is 513 g/mol. The lowest BCUT2D eigenvalue weighted by Crippen LogP contribution is -2.52. The topological polar surface area (TPSA) is 58.6 Å². The summed E-state index contributed by atoms with van der Waals surface area (Å²) in [5.74, 6) is 0.207. The number of nitrogens with zero attached hydrogens (tertiary/aromatic N) is 1. The van der Waals surface area contributed by atoms with Crippen LogP contribution in [0.25, 0.3) is 0 Å². The smallest absolute Gasteiger partial charge is 0.261 e. The maximum absolute atomic E-state index is 13.5. The second-order valence-electron chi connectivity index (χ2n) is 8.70. The molecule has 7 heteroatoms. The summed E-state index contributed by atoms with van der Waals surface area (Å²) in [6.45, 7) is 4.49. The highest BCUT2D eigenvalue weighted by molar-refractivity contribution is 6.31. The highest BCUT2D eigenvalue weighted by atomic mass is 35.5. The van der Waals surface area contributed by atoms with E-state index in [1.807, 2.05) is 62.4 Å². The average Bonchev–Trinajstić information content (AvgIpc) is 2.85. The summed E-state index contributed by atoms with van der Waals surface area (Å²) in [7, 11) is 0. The van der Waals surface area contributed by atoms with Crippen molar-refractivity contribution < 1.29 is 14.3 Å². The van der Waals surface area contributed by atoms with Crippen LogP contribution in [0, 0.1) is 5.92 Å². The van der Waals surface area contributed by atoms with Crippen LogP contribution in [0.3, 0.4) is 0 Å². The molecule has 0 saturated carbocycles. The van der Waals surface area contributed by atoms with E-state index in [0.717, 1.165) is 11.1 Å². The zero-order valence-electron chi connectivity index (χ0n) is 19.9. The van der Waals surface area contributed by atoms with Gasteiger partial charge in [0, 0.05) is 29.6 Å². The number of carbonyl (C=O) groups excluding carboxylic acids is 2. The molecule has 3 rings (SSSR count). The Morgan fingerprint density at radius 3 is 2.34 bits per heavy atom. The molecule has 3 aromatic carbocycles. The van der Waals surface area contributed by atoms with Gasteiger partial charge in [-0.25, -0.2) is 0 Å². The van der Waals surface area contributed by atoms with Crippen molar-refractivity contribution in [2.75, 3.05) is 13.2 Å². The van der Waals surface area contributed by atoms with Crippen molar-refractivity contribution in [2.45, 2.75) is 32.9 Å². The van der Waals surface area contributed by atoms with Crippen LogP contribution in [0.4, 0.5) is 0 Å². The van der Waals surface area contributed by atoms with Crippen LogP contribution in [0.1, 0.15) is 25.0 Å². The second kappa shape index (κ2) is 13.2. The van der Waals surface area contributed by atoms with Gasteiger partial charge in [-0.3, -0.25) is 9.59 Å². The van der Waals surface area contributed by atoms with E-state index in [1.165, 1.54) is 0 Å². The number of carbonyl (C=O) groups is 2. The van der Waals surface area contributed by atoms with Crippen molar-refractivity contribution in [3.63, 3.8) is 0 Å². The predicted octanol–water partition coefficient (Wildman–Crippen LogP) is 5.78. The first kappa shape index (κ1) is 26.6. The molecule has 35 heavy (non-hydrogen) atoms. The lowest BCUT2D eigenvalue weighted by molar-refractivity contribution is -0.142. The molecule has 1 unspecified atom stereocenters. The van der Waals surface area contributed by atoms with Crippen molar-refractivity contribution >= 4 is 35.0 Å². The van der Waals surface area contributed by atoms with Crippen molar-refractivity contribution in [3.05, 3.63) is 100 Å². The van der Waals surface area contributed by atoms with Crippen LogP contribution in [-0.2, 0) is 22.6 Å². The molecule has 0 heterocycles. The maximum atomic E-state index is 13.5. The highest BCUT2D eigenvalue weighted by Gasteiger charge is 2.31. The quantitative estimate of drug-likeness (QED) is 0.354. The minimum Gasteiger partial charge on any atom is -0.484 e. The molecule has 3 aromatic rings. The summed E-state index contributed by atoms with van der Waals surface area (Å²) in [6.07, 6.45) is 0.359. The van der Waals surface area contributed by atoms with Gasteiger partial charge < -0.3 is 15.0 Å². The first-order chi connectivity index (χ1) is 16.8. The van der Waals surface area contributed by atoms with Crippen LogP contribution in [0.2, 0.25) is 10.0 Å². The van der Waals surface area contributed by atoms with E-state index in [2.05, 4.69) is 5.32 Å². The Morgan fingerprint density at radius 1 is 0.943 bits per heavy atom. The fraction of sp³-hybridized carbons (Fsp3) is 0.286. The Hall–Kier alpha value is -3.02. The van der Waals surface area contributed by atoms with Crippen molar-refractivity contribution in [1.82, 2.24) is 10.2 Å². The lowest BCUT2D eigenvalue weighted by Gasteiger charge is -2.32. The summed E-state index contributed by atoms with van der Waals surface area (Å²) < 4.78 is 5.74. The molecule has 0 aliphatic heterocycles. The fourth-order valence-electron chi connectivity index (χ4n) is 3.57. The van der Waals surface area contributed by atoms with E-state index in [0.29, 0.717) is 28.8 Å². The number of amides is 2. The lowest BCUT2D eigenvalue weighted by atomic mass is 10.0. The minimum absolute atomic E-state index is 0.171. The highest BCUT2D eigenvalue weighted by Crippen LogP contribution is 2.22. The fourth-order valence-corrected chi connectivity index (χ4v) is 3.95. The maximum Gasteiger partial charge on any atom is 0.261 e. The third kappa shape index (κ3) is 8.30. The van der Waals surface area contributed by atoms with Gasteiger partial charge in [0.15, 0.2) is 6.61 Å². The molecule has 5 nitrogen and oxygen atoms in total. The minimum atomic E-state index is -0.747. The van der Waals surface area contributed by atoms with Crippen LogP contribution < -0.4 is 10.1 Å². The van der Waals surface area contributed by atoms with Crippen molar-refractivity contribution in [2.24, 2.45) is 5.92 Å². The van der Waals surface area contributed by atoms with Gasteiger partial charge in [0.05, 0.1) is 0 Å². The molecule has 0 aliphatic carbocycles. The molecule has 2 amide bonds. The Morgan fingerprint density at radius 2 is 1.66 bits per heavy atom. The second-order valence-corrected chi connectivity index (χ2v) is 9.55. The van der Waals surface area contributed by atoms with Gasteiger partial charge in [0.2, 0.25) is 5.91 Å². The van der Waals surface area contributed by atoms with Gasteiger partial charge in [-0.05, 0) is 41.3 Å². The van der Waals surface area contributed by atoms with Crippen molar-refractivity contribution in [3.8, 4) is 5.75 Å². The number of nitrogens with one attached hydrogen (secondary N) is 1. The number of benzene rings is 3. The van der Waals surface area contributed by atoms with E-state index in [1.54, 1.807) is 35.2 Å². The molecule has 184 valence electrons. The van der Waals surface area contributed by atoms with Gasteiger partial charge in [0.25, 0.3) is 5.91 Å². The molecular weight excluding hydrogens is 483 g/mol. The number of halogens is 2. The summed E-state index contributed by atoms with van der Waals surface area (Å²) in [6, 6.07) is 23.1. The molecular formula is C28H30Cl2N2O3. The van der Waals surface area contributed by atoms with Crippen molar-refractivity contribution in [1.29, 1.82) is 0 Å². The van der Waals surface area contributed by atoms with Crippen LogP contribution in [0.15, 0.2) is 78.9 Å². The van der Waals surface area contributed by atoms with Gasteiger partial charge in [0.1, 0.15) is 11.8 Å². The van der Waals surface area contributed by atoms with Gasteiger partial charge in [-0.15, -0.1) is 0 Å². The van der Waals surface area contributed by atoms with Gasteiger partial charge >= 0.3 is 0 Å². The third-order valence-electron chi connectivity index (χ3n) is 5.41. The normalized spacial score (nSPS) is 11.7. The summed E-state index contributed by atoms with van der Waals surface area (Å²) in [5, 5.41) is 4.04. The summed E-state index contributed by atoms with van der Waals surface area (Å²) in [5.41, 5.74) is 1.70. The summed E-state index contributed by atoms with van der Waals surface area (Å²) >= 11 is 12.5. The van der Waals surface area contributed by atoms with E-state index >= 15 is 0 Å². The summed E-state index contributed by atoms with van der Waals surface area (Å²) in [4.78, 5) is 28.5. The Balaban J connectivity index is 1.91. The van der Waals surface area contributed by atoms with E-state index in [-0.39, 0.29) is 30.9 Å². The first-order valence-corrected chi connectivity index (χ1v) is 12.3. The molecule has 1 N–H and O–H groups in total. The Bertz CT molecular complexity index is 1120. The Labute approximate surface area is 217 Å². The first-order valence-electron chi connectivity index (χ1n) is 11.6. The van der Waals surface area contributed by atoms with Crippen LogP contribution in [-0.4, -0.2) is 35.9 Å². The van der Waals surface area contributed by atoms with Gasteiger partial charge in [-0.1, -0.05) is 91.6 Å². The number of hydrogen-bond donors (Lipinski definition) is 1. The zero-order valence-corrected chi connectivity index (χ0v) is 21.4. The predicted molar refractivity (Wildman–Crippen MR) is 141 cm³/mol. The van der Waals surface area contributed by atoms with E-state index in [4.69, 9.17) is 27.9 Å². The van der Waals surface area contributed by atoms with Crippen LogP contribution >= 0.6 is 23.2 Å². The monoisotopic (exact) mass is 512 g/mol. The van der Waals surface area contributed by atoms with E-state index < -0.39 is 6.04 Å². The standard InChI is InChI=1S/C28H30Cl2N2O3/c1-20(2)17-31-28(34)26(15-21-9-4-3-5-10-21)32(18-22-11-6-7-14-25(22)30)27(33)19-35-24-13-8-12-23(29)16-24/h3-14,16,20,26H,15,17-19H2,1-2H3,(H,31,34). The zero-order chi connectivity index (χ0) is 25.2. The molecule has 1 atom stereocenters. The molecule has 0 bridgehead atoms. The largest absolute Gasteiger partial charge is 0.484 e. The van der Waals surface area contributed by atoms with E-state index in [9.17, 15) is 9.59 Å². The third-order valence-corrected chi connectivity index (χ3v) is 6.02. The van der Waals surface area contributed by atoms with Gasteiger partial charge in [-0.2, -0.15) is 0 Å². The number of hydrogen-bond acceptors (Lipinski definition) is 3. The molecule has 0 saturated heterocycles. The van der Waals surface area contributed by atoms with Crippen LogP contribution in [0.5, 0.6) is 5.75 Å². The Kier molecular flexibility index (Phi) is 10.0. The number of ether oxygens (including phenoxy) is 1. The molecule has 0 radical (unpaired) electrons. The molecule has 0 aromatic heterocycles. The molecule has 0 fully saturated rings.